The van der Waals surface area contributed by atoms with Gasteiger partial charge in [-0.1, -0.05) is 23.9 Å². The molecule has 1 heterocycles. The number of nitrogens with zero attached hydrogens (tertiary/aromatic N) is 3. The van der Waals surface area contributed by atoms with Crippen LogP contribution in [0.15, 0.2) is 23.4 Å². The third-order valence-corrected chi connectivity index (χ3v) is 4.44. The number of aliphatic carboxylic acids is 1. The van der Waals surface area contributed by atoms with Crippen molar-refractivity contribution < 1.29 is 9.90 Å². The quantitative estimate of drug-likeness (QED) is 0.860. The lowest BCUT2D eigenvalue weighted by Crippen LogP contribution is -2.06. The van der Waals surface area contributed by atoms with E-state index in [4.69, 9.17) is 5.11 Å². The number of aryl methyl sites for hydroxylation is 2. The summed E-state index contributed by atoms with van der Waals surface area (Å²) in [4.78, 5) is 10.8. The Morgan fingerprint density at radius 3 is 2.81 bits per heavy atom. The molecule has 0 aliphatic heterocycles. The van der Waals surface area contributed by atoms with Crippen molar-refractivity contribution in [3.8, 4) is 5.69 Å². The van der Waals surface area contributed by atoms with E-state index in [-0.39, 0.29) is 5.75 Å². The second-order valence-electron chi connectivity index (χ2n) is 5.42. The van der Waals surface area contributed by atoms with Gasteiger partial charge in [0.1, 0.15) is 5.82 Å². The van der Waals surface area contributed by atoms with Gasteiger partial charge in [-0.2, -0.15) is 0 Å². The fourth-order valence-electron chi connectivity index (χ4n) is 2.29. The molecule has 1 saturated carbocycles. The van der Waals surface area contributed by atoms with E-state index in [1.807, 2.05) is 11.5 Å². The van der Waals surface area contributed by atoms with Crippen LogP contribution in [0.25, 0.3) is 5.69 Å². The van der Waals surface area contributed by atoms with E-state index in [2.05, 4.69) is 35.3 Å². The second-order valence-corrected chi connectivity index (χ2v) is 6.37. The zero-order valence-corrected chi connectivity index (χ0v) is 12.9. The first kappa shape index (κ1) is 14.1. The maximum Gasteiger partial charge on any atom is 0.313 e. The lowest BCUT2D eigenvalue weighted by Gasteiger charge is -2.13. The number of benzene rings is 1. The molecule has 0 saturated heterocycles. The highest BCUT2D eigenvalue weighted by Crippen LogP contribution is 2.41. The molecule has 0 unspecified atom stereocenters. The maximum absolute atomic E-state index is 10.8. The predicted octanol–water partition coefficient (Wildman–Crippen LogP) is 2.94. The number of hydrogen-bond acceptors (Lipinski definition) is 4. The summed E-state index contributed by atoms with van der Waals surface area (Å²) in [6, 6.07) is 6.26. The highest BCUT2D eigenvalue weighted by Gasteiger charge is 2.31. The number of rotatable bonds is 5. The van der Waals surface area contributed by atoms with Crippen LogP contribution in [0.2, 0.25) is 0 Å². The monoisotopic (exact) mass is 303 g/mol. The van der Waals surface area contributed by atoms with Crippen LogP contribution >= 0.6 is 11.8 Å². The van der Waals surface area contributed by atoms with E-state index in [9.17, 15) is 4.79 Å². The topological polar surface area (TPSA) is 68.0 Å². The Hall–Kier alpha value is -1.82. The Morgan fingerprint density at radius 2 is 2.14 bits per heavy atom. The number of carbonyl (C=O) groups is 1. The number of carboxylic acids is 1. The molecule has 1 aliphatic rings. The van der Waals surface area contributed by atoms with Gasteiger partial charge < -0.3 is 5.11 Å². The van der Waals surface area contributed by atoms with E-state index < -0.39 is 5.97 Å². The minimum absolute atomic E-state index is 0.00629. The van der Waals surface area contributed by atoms with Crippen molar-refractivity contribution in [3.05, 3.63) is 35.2 Å². The zero-order valence-electron chi connectivity index (χ0n) is 12.0. The van der Waals surface area contributed by atoms with Crippen molar-refractivity contribution in [2.24, 2.45) is 0 Å². The molecule has 21 heavy (non-hydrogen) atoms. The third-order valence-electron chi connectivity index (χ3n) is 3.53. The van der Waals surface area contributed by atoms with Crippen LogP contribution in [0, 0.1) is 13.8 Å². The van der Waals surface area contributed by atoms with Gasteiger partial charge in [0, 0.05) is 5.92 Å². The van der Waals surface area contributed by atoms with Gasteiger partial charge in [-0.15, -0.1) is 10.2 Å². The summed E-state index contributed by atoms with van der Waals surface area (Å²) < 4.78 is 2.04. The Morgan fingerprint density at radius 1 is 1.38 bits per heavy atom. The summed E-state index contributed by atoms with van der Waals surface area (Å²) in [6.45, 7) is 4.10. The van der Waals surface area contributed by atoms with Gasteiger partial charge in [-0.25, -0.2) is 0 Å². The molecule has 1 aliphatic carbocycles. The smallest absolute Gasteiger partial charge is 0.313 e. The maximum atomic E-state index is 10.8. The highest BCUT2D eigenvalue weighted by atomic mass is 32.2. The van der Waals surface area contributed by atoms with Crippen LogP contribution in [-0.2, 0) is 4.79 Å². The third kappa shape index (κ3) is 2.95. The van der Waals surface area contributed by atoms with Crippen LogP contribution in [0.5, 0.6) is 0 Å². The molecule has 0 atom stereocenters. The second kappa shape index (κ2) is 5.52. The summed E-state index contributed by atoms with van der Waals surface area (Å²) in [7, 11) is 0. The summed E-state index contributed by atoms with van der Waals surface area (Å²) in [6.07, 6.45) is 2.26. The predicted molar refractivity (Wildman–Crippen MR) is 81.2 cm³/mol. The Kier molecular flexibility index (Phi) is 3.71. The summed E-state index contributed by atoms with van der Waals surface area (Å²) in [5.41, 5.74) is 3.36. The lowest BCUT2D eigenvalue weighted by molar-refractivity contribution is -0.133. The Balaban J connectivity index is 2.07. The molecule has 1 aromatic carbocycles. The van der Waals surface area contributed by atoms with Gasteiger partial charge in [-0.05, 0) is 43.9 Å². The molecule has 3 rings (SSSR count). The molecule has 1 fully saturated rings. The van der Waals surface area contributed by atoms with Crippen LogP contribution in [-0.4, -0.2) is 31.6 Å². The van der Waals surface area contributed by atoms with Crippen molar-refractivity contribution in [2.75, 3.05) is 5.75 Å². The molecule has 0 spiro atoms. The average Bonchev–Trinajstić information content (AvgIpc) is 3.20. The molecule has 0 bridgehead atoms. The molecule has 0 radical (unpaired) electrons. The first-order valence-corrected chi connectivity index (χ1v) is 7.92. The van der Waals surface area contributed by atoms with Crippen molar-refractivity contribution >= 4 is 17.7 Å². The van der Waals surface area contributed by atoms with Gasteiger partial charge in [0.15, 0.2) is 5.16 Å². The first-order chi connectivity index (χ1) is 10.1. The van der Waals surface area contributed by atoms with Gasteiger partial charge in [0.25, 0.3) is 0 Å². The standard InChI is InChI=1S/C15H17N3O2S/c1-9-3-4-10(2)12(7-9)18-14(11-5-6-11)16-17-15(18)21-8-13(19)20/h3-4,7,11H,5-6,8H2,1-2H3,(H,19,20). The van der Waals surface area contributed by atoms with E-state index in [0.29, 0.717) is 11.1 Å². The number of carboxylic acid groups (broad SMARTS) is 1. The molecule has 1 N–H and O–H groups in total. The summed E-state index contributed by atoms with van der Waals surface area (Å²) >= 11 is 1.22. The SMILES string of the molecule is Cc1ccc(C)c(-n2c(SCC(=O)O)nnc2C2CC2)c1. The molecular weight excluding hydrogens is 286 g/mol. The van der Waals surface area contributed by atoms with Crippen LogP contribution in [0.3, 0.4) is 0 Å². The molecule has 6 heteroatoms. The molecule has 110 valence electrons. The fraction of sp³-hybridized carbons (Fsp3) is 0.400. The highest BCUT2D eigenvalue weighted by molar-refractivity contribution is 7.99. The fourth-order valence-corrected chi connectivity index (χ4v) is 2.97. The number of thioether (sulfide) groups is 1. The number of aromatic nitrogens is 3. The minimum atomic E-state index is -0.844. The van der Waals surface area contributed by atoms with Crippen molar-refractivity contribution in [3.63, 3.8) is 0 Å². The van der Waals surface area contributed by atoms with Crippen LogP contribution < -0.4 is 0 Å². The summed E-state index contributed by atoms with van der Waals surface area (Å²) in [5.74, 6) is 0.560. The Bertz CT molecular complexity index is 692. The normalized spacial score (nSPS) is 14.4. The van der Waals surface area contributed by atoms with Crippen LogP contribution in [0.4, 0.5) is 0 Å². The molecule has 1 aromatic heterocycles. The number of hydrogen-bond donors (Lipinski definition) is 1. The van der Waals surface area contributed by atoms with Gasteiger partial charge in [0.2, 0.25) is 0 Å². The first-order valence-electron chi connectivity index (χ1n) is 6.94. The van der Waals surface area contributed by atoms with E-state index >= 15 is 0 Å². The van der Waals surface area contributed by atoms with Crippen LogP contribution in [0.1, 0.15) is 35.7 Å². The summed E-state index contributed by atoms with van der Waals surface area (Å²) in [5, 5.41) is 18.1. The van der Waals surface area contributed by atoms with Gasteiger partial charge in [-0.3, -0.25) is 9.36 Å². The van der Waals surface area contributed by atoms with Crippen molar-refractivity contribution in [1.82, 2.24) is 14.8 Å². The van der Waals surface area contributed by atoms with Crippen molar-refractivity contribution in [1.29, 1.82) is 0 Å². The van der Waals surface area contributed by atoms with E-state index in [1.54, 1.807) is 0 Å². The molecule has 0 amide bonds. The largest absolute Gasteiger partial charge is 0.481 e. The van der Waals surface area contributed by atoms with Gasteiger partial charge >= 0.3 is 5.97 Å². The average molecular weight is 303 g/mol. The van der Waals surface area contributed by atoms with E-state index in [0.717, 1.165) is 29.9 Å². The lowest BCUT2D eigenvalue weighted by atomic mass is 10.1. The van der Waals surface area contributed by atoms with E-state index in [1.165, 1.54) is 17.3 Å². The Labute approximate surface area is 127 Å². The molecule has 5 nitrogen and oxygen atoms in total. The minimum Gasteiger partial charge on any atom is -0.481 e. The zero-order chi connectivity index (χ0) is 15.0. The molecule has 2 aromatic rings. The van der Waals surface area contributed by atoms with Gasteiger partial charge in [0.05, 0.1) is 11.4 Å². The van der Waals surface area contributed by atoms with Crippen molar-refractivity contribution in [2.45, 2.75) is 37.8 Å². The molecular formula is C15H17N3O2S.